The molecule has 2 N–H and O–H groups in total. The summed E-state index contributed by atoms with van der Waals surface area (Å²) in [5.74, 6) is 0.121. The normalized spacial score (nSPS) is 14.7. The minimum absolute atomic E-state index is 0.0552. The van der Waals surface area contributed by atoms with Gasteiger partial charge in [0.25, 0.3) is 5.91 Å². The summed E-state index contributed by atoms with van der Waals surface area (Å²) < 4.78 is 5.39. The van der Waals surface area contributed by atoms with Gasteiger partial charge in [-0.15, -0.1) is 11.8 Å². The molecule has 1 aliphatic heterocycles. The first-order valence-corrected chi connectivity index (χ1v) is 9.97. The van der Waals surface area contributed by atoms with Crippen LogP contribution in [-0.4, -0.2) is 29.2 Å². The van der Waals surface area contributed by atoms with E-state index in [2.05, 4.69) is 21.7 Å². The van der Waals surface area contributed by atoms with Crippen LogP contribution in [0.4, 0.5) is 11.4 Å². The Morgan fingerprint density at radius 3 is 2.72 bits per heavy atom. The van der Waals surface area contributed by atoms with E-state index in [9.17, 15) is 9.59 Å². The third-order valence-corrected chi connectivity index (χ3v) is 5.90. The number of amides is 2. The number of carbonyl (C=O) groups is 2. The Bertz CT molecular complexity index is 1030. The number of pyridine rings is 1. The number of fused-ring (bicyclic) bond motifs is 1. The quantitative estimate of drug-likeness (QED) is 0.671. The molecule has 0 spiro atoms. The van der Waals surface area contributed by atoms with E-state index in [1.54, 1.807) is 48.3 Å². The molecule has 0 saturated carbocycles. The van der Waals surface area contributed by atoms with Gasteiger partial charge in [0, 0.05) is 29.0 Å². The molecule has 29 heavy (non-hydrogen) atoms. The summed E-state index contributed by atoms with van der Waals surface area (Å²) in [6.45, 7) is 0. The predicted octanol–water partition coefficient (Wildman–Crippen LogP) is 4.00. The van der Waals surface area contributed by atoms with Crippen molar-refractivity contribution in [3.8, 4) is 5.75 Å². The van der Waals surface area contributed by atoms with Crippen molar-refractivity contribution in [2.24, 2.45) is 0 Å². The van der Waals surface area contributed by atoms with Crippen molar-refractivity contribution in [3.05, 3.63) is 78.1 Å². The molecule has 0 saturated heterocycles. The topological polar surface area (TPSA) is 80.3 Å². The van der Waals surface area contributed by atoms with E-state index >= 15 is 0 Å². The average molecular weight is 405 g/mol. The molecule has 1 atom stereocenters. The Kier molecular flexibility index (Phi) is 5.48. The fourth-order valence-electron chi connectivity index (χ4n) is 3.11. The molecule has 1 aliphatic rings. The molecule has 2 heterocycles. The molecular weight excluding hydrogens is 386 g/mol. The maximum Gasteiger partial charge on any atom is 0.257 e. The highest BCUT2D eigenvalue weighted by molar-refractivity contribution is 8.01. The summed E-state index contributed by atoms with van der Waals surface area (Å²) in [5.41, 5.74) is 2.78. The standard InChI is InChI=1S/C22H19N3O3S/c1-28-18-12-16(8-9-17(18)25-21(26)15-6-4-10-23-13-15)24-22(27)20-11-14-5-2-3-7-19(14)29-20/h2-10,12-13,20H,11H2,1H3,(H,24,27)(H,25,26). The van der Waals surface area contributed by atoms with E-state index in [1.165, 1.54) is 18.9 Å². The highest BCUT2D eigenvalue weighted by atomic mass is 32.2. The summed E-state index contributed by atoms with van der Waals surface area (Å²) in [7, 11) is 1.52. The maximum absolute atomic E-state index is 12.7. The number of benzene rings is 2. The van der Waals surface area contributed by atoms with E-state index < -0.39 is 0 Å². The zero-order valence-corrected chi connectivity index (χ0v) is 16.5. The Labute approximate surface area is 172 Å². The second-order valence-electron chi connectivity index (χ2n) is 6.52. The molecule has 7 heteroatoms. The second kappa shape index (κ2) is 8.36. The van der Waals surface area contributed by atoms with E-state index in [0.29, 0.717) is 29.1 Å². The summed E-state index contributed by atoms with van der Waals surface area (Å²) in [5, 5.41) is 5.58. The van der Waals surface area contributed by atoms with Crippen LogP contribution >= 0.6 is 11.8 Å². The number of nitrogens with one attached hydrogen (secondary N) is 2. The fourth-order valence-corrected chi connectivity index (χ4v) is 4.31. The van der Waals surface area contributed by atoms with Gasteiger partial charge in [-0.25, -0.2) is 0 Å². The third kappa shape index (κ3) is 4.25. The van der Waals surface area contributed by atoms with Crippen molar-refractivity contribution in [2.45, 2.75) is 16.6 Å². The van der Waals surface area contributed by atoms with E-state index in [0.717, 1.165) is 4.90 Å². The predicted molar refractivity (Wildman–Crippen MR) is 114 cm³/mol. The Hall–Kier alpha value is -3.32. The third-order valence-electron chi connectivity index (χ3n) is 4.58. The highest BCUT2D eigenvalue weighted by Gasteiger charge is 2.28. The number of thioether (sulfide) groups is 1. The molecule has 0 bridgehead atoms. The van der Waals surface area contributed by atoms with Crippen molar-refractivity contribution < 1.29 is 14.3 Å². The number of nitrogens with zero attached hydrogens (tertiary/aromatic N) is 1. The van der Waals surface area contributed by atoms with Crippen LogP contribution in [0.15, 0.2) is 71.9 Å². The number of ether oxygens (including phenoxy) is 1. The first kappa shape index (κ1) is 19.0. The van der Waals surface area contributed by atoms with Crippen LogP contribution in [-0.2, 0) is 11.2 Å². The van der Waals surface area contributed by atoms with Crippen LogP contribution < -0.4 is 15.4 Å². The molecule has 0 aliphatic carbocycles. The van der Waals surface area contributed by atoms with Gasteiger partial charge in [-0.1, -0.05) is 18.2 Å². The Balaban J connectivity index is 1.44. The number of hydrogen-bond acceptors (Lipinski definition) is 5. The lowest BCUT2D eigenvalue weighted by molar-refractivity contribution is -0.115. The fraction of sp³-hybridized carbons (Fsp3) is 0.136. The molecule has 2 aromatic carbocycles. The second-order valence-corrected chi connectivity index (χ2v) is 7.76. The summed E-state index contributed by atoms with van der Waals surface area (Å²) in [6.07, 6.45) is 3.81. The number of aromatic nitrogens is 1. The van der Waals surface area contributed by atoms with Crippen molar-refractivity contribution in [1.82, 2.24) is 4.98 Å². The van der Waals surface area contributed by atoms with Crippen LogP contribution in [0.25, 0.3) is 0 Å². The van der Waals surface area contributed by atoms with E-state index in [4.69, 9.17) is 4.74 Å². The van der Waals surface area contributed by atoms with Gasteiger partial charge < -0.3 is 15.4 Å². The van der Waals surface area contributed by atoms with Crippen molar-refractivity contribution in [1.29, 1.82) is 0 Å². The first-order chi connectivity index (χ1) is 14.1. The SMILES string of the molecule is COc1cc(NC(=O)C2Cc3ccccc3S2)ccc1NC(=O)c1cccnc1. The summed E-state index contributed by atoms with van der Waals surface area (Å²) in [6, 6.07) is 16.6. The number of methoxy groups -OCH3 is 1. The smallest absolute Gasteiger partial charge is 0.257 e. The van der Waals surface area contributed by atoms with Crippen molar-refractivity contribution in [2.75, 3.05) is 17.7 Å². The maximum atomic E-state index is 12.7. The molecule has 6 nitrogen and oxygen atoms in total. The van der Waals surface area contributed by atoms with Gasteiger partial charge in [-0.05, 0) is 42.3 Å². The molecular formula is C22H19N3O3S. The molecule has 3 aromatic rings. The lowest BCUT2D eigenvalue weighted by atomic mass is 10.1. The molecule has 2 amide bonds. The van der Waals surface area contributed by atoms with Crippen molar-refractivity contribution in [3.63, 3.8) is 0 Å². The largest absolute Gasteiger partial charge is 0.494 e. The van der Waals surface area contributed by atoms with Gasteiger partial charge in [0.1, 0.15) is 5.75 Å². The zero-order chi connectivity index (χ0) is 20.2. The van der Waals surface area contributed by atoms with Crippen LogP contribution in [0.2, 0.25) is 0 Å². The van der Waals surface area contributed by atoms with Gasteiger partial charge in [-0.3, -0.25) is 14.6 Å². The lowest BCUT2D eigenvalue weighted by Crippen LogP contribution is -2.24. The number of rotatable bonds is 5. The van der Waals surface area contributed by atoms with Crippen LogP contribution in [0.1, 0.15) is 15.9 Å². The van der Waals surface area contributed by atoms with Gasteiger partial charge >= 0.3 is 0 Å². The highest BCUT2D eigenvalue weighted by Crippen LogP contribution is 2.37. The molecule has 146 valence electrons. The van der Waals surface area contributed by atoms with E-state index in [-0.39, 0.29) is 17.1 Å². The Morgan fingerprint density at radius 2 is 1.97 bits per heavy atom. The molecule has 4 rings (SSSR count). The van der Waals surface area contributed by atoms with Gasteiger partial charge in [0.2, 0.25) is 5.91 Å². The molecule has 0 radical (unpaired) electrons. The Morgan fingerprint density at radius 1 is 1.10 bits per heavy atom. The molecule has 1 aromatic heterocycles. The number of anilines is 2. The molecule has 0 fully saturated rings. The van der Waals surface area contributed by atoms with Crippen LogP contribution in [0, 0.1) is 0 Å². The summed E-state index contributed by atoms with van der Waals surface area (Å²) >= 11 is 1.58. The van der Waals surface area contributed by atoms with Crippen molar-refractivity contribution >= 4 is 35.0 Å². The van der Waals surface area contributed by atoms with Crippen LogP contribution in [0.5, 0.6) is 5.75 Å². The first-order valence-electron chi connectivity index (χ1n) is 9.09. The molecule has 1 unspecified atom stereocenters. The van der Waals surface area contributed by atoms with E-state index in [1.807, 2.05) is 18.2 Å². The summed E-state index contributed by atoms with van der Waals surface area (Å²) in [4.78, 5) is 30.1. The minimum atomic E-state index is -0.284. The lowest BCUT2D eigenvalue weighted by Gasteiger charge is -2.14. The zero-order valence-electron chi connectivity index (χ0n) is 15.7. The number of carbonyl (C=O) groups excluding carboxylic acids is 2. The minimum Gasteiger partial charge on any atom is -0.494 e. The average Bonchev–Trinajstić information content (AvgIpc) is 3.20. The van der Waals surface area contributed by atoms with Gasteiger partial charge in [-0.2, -0.15) is 0 Å². The van der Waals surface area contributed by atoms with Gasteiger partial charge in [0.05, 0.1) is 23.6 Å². The monoisotopic (exact) mass is 405 g/mol. The van der Waals surface area contributed by atoms with Gasteiger partial charge in [0.15, 0.2) is 0 Å². The van der Waals surface area contributed by atoms with Crippen LogP contribution in [0.3, 0.4) is 0 Å². The number of hydrogen-bond donors (Lipinski definition) is 2.